The van der Waals surface area contributed by atoms with Crippen LogP contribution in [-0.2, 0) is 0 Å². The molecule has 1 amide bonds. The Morgan fingerprint density at radius 3 is 2.77 bits per heavy atom. The molecular weight excluding hydrogens is 351 g/mol. The van der Waals surface area contributed by atoms with Crippen molar-refractivity contribution in [2.45, 2.75) is 18.4 Å². The number of carbonyl (C=O) groups is 1. The zero-order chi connectivity index (χ0) is 18.1. The normalized spacial score (nSPS) is 18.4. The van der Waals surface area contributed by atoms with Gasteiger partial charge in [0.15, 0.2) is 0 Å². The Labute approximate surface area is 154 Å². The quantitative estimate of drug-likeness (QED) is 0.733. The van der Waals surface area contributed by atoms with Gasteiger partial charge in [-0.25, -0.2) is 9.37 Å². The van der Waals surface area contributed by atoms with Crippen molar-refractivity contribution in [1.29, 1.82) is 0 Å². The minimum atomic E-state index is -0.249. The molecule has 4 rings (SSSR count). The Balaban J connectivity index is 1.44. The van der Waals surface area contributed by atoms with Gasteiger partial charge in [-0.3, -0.25) is 4.79 Å². The summed E-state index contributed by atoms with van der Waals surface area (Å²) in [5.41, 5.74) is 2.32. The first-order valence-corrected chi connectivity index (χ1v) is 9.19. The topological polar surface area (TPSA) is 51.2 Å². The molecule has 2 unspecified atom stereocenters. The lowest BCUT2D eigenvalue weighted by Crippen LogP contribution is -2.26. The number of nitrogens with zero attached hydrogens (tertiary/aromatic N) is 1. The summed E-state index contributed by atoms with van der Waals surface area (Å²) in [6.07, 6.45) is 0.862. The van der Waals surface area contributed by atoms with Gasteiger partial charge in [-0.15, -0.1) is 11.3 Å². The van der Waals surface area contributed by atoms with Gasteiger partial charge in [0.1, 0.15) is 22.3 Å². The fourth-order valence-electron chi connectivity index (χ4n) is 3.00. The maximum atomic E-state index is 13.0. The zero-order valence-electron chi connectivity index (χ0n) is 14.1. The SMILES string of the molecule is COc1ccccc1-c1nc(C(=O)NC2CC2c2ccc(F)cc2)cs1. The summed E-state index contributed by atoms with van der Waals surface area (Å²) in [6, 6.07) is 14.1. The maximum Gasteiger partial charge on any atom is 0.271 e. The largest absolute Gasteiger partial charge is 0.496 e. The van der Waals surface area contributed by atoms with Gasteiger partial charge in [0.2, 0.25) is 0 Å². The molecule has 1 heterocycles. The Kier molecular flexibility index (Phi) is 4.42. The van der Waals surface area contributed by atoms with Gasteiger partial charge in [-0.05, 0) is 36.2 Å². The van der Waals surface area contributed by atoms with Gasteiger partial charge in [-0.1, -0.05) is 24.3 Å². The molecule has 1 aliphatic rings. The molecule has 0 aliphatic heterocycles. The van der Waals surface area contributed by atoms with Crippen molar-refractivity contribution in [1.82, 2.24) is 10.3 Å². The average Bonchev–Trinajstić information content (AvgIpc) is 3.24. The number of methoxy groups -OCH3 is 1. The number of ether oxygens (including phenoxy) is 1. The predicted molar refractivity (Wildman–Crippen MR) is 99.1 cm³/mol. The smallest absolute Gasteiger partial charge is 0.271 e. The number of para-hydroxylation sites is 1. The number of rotatable bonds is 5. The van der Waals surface area contributed by atoms with E-state index in [9.17, 15) is 9.18 Å². The van der Waals surface area contributed by atoms with Crippen LogP contribution in [0.5, 0.6) is 5.75 Å². The molecule has 4 nitrogen and oxygen atoms in total. The van der Waals surface area contributed by atoms with Crippen LogP contribution in [0.4, 0.5) is 4.39 Å². The summed E-state index contributed by atoms with van der Waals surface area (Å²) in [5, 5.41) is 5.51. The highest BCUT2D eigenvalue weighted by Gasteiger charge is 2.39. The van der Waals surface area contributed by atoms with E-state index in [-0.39, 0.29) is 23.7 Å². The molecule has 1 aromatic heterocycles. The molecule has 132 valence electrons. The van der Waals surface area contributed by atoms with E-state index in [1.54, 1.807) is 24.6 Å². The fourth-order valence-corrected chi connectivity index (χ4v) is 3.83. The van der Waals surface area contributed by atoms with E-state index in [0.29, 0.717) is 5.69 Å². The minimum Gasteiger partial charge on any atom is -0.496 e. The van der Waals surface area contributed by atoms with Crippen LogP contribution in [0.25, 0.3) is 10.6 Å². The molecule has 26 heavy (non-hydrogen) atoms. The van der Waals surface area contributed by atoms with E-state index < -0.39 is 0 Å². The van der Waals surface area contributed by atoms with E-state index in [0.717, 1.165) is 28.3 Å². The fraction of sp³-hybridized carbons (Fsp3) is 0.200. The number of hydrogen-bond donors (Lipinski definition) is 1. The summed E-state index contributed by atoms with van der Waals surface area (Å²) in [7, 11) is 1.61. The van der Waals surface area contributed by atoms with E-state index >= 15 is 0 Å². The molecule has 0 spiro atoms. The molecule has 1 aliphatic carbocycles. The summed E-state index contributed by atoms with van der Waals surface area (Å²) in [6.45, 7) is 0. The van der Waals surface area contributed by atoms with Crippen LogP contribution in [-0.4, -0.2) is 24.0 Å². The Bertz CT molecular complexity index is 939. The highest BCUT2D eigenvalue weighted by Crippen LogP contribution is 2.41. The number of benzene rings is 2. The van der Waals surface area contributed by atoms with E-state index in [4.69, 9.17) is 4.74 Å². The third-order valence-electron chi connectivity index (χ3n) is 4.48. The molecule has 0 bridgehead atoms. The standard InChI is InChI=1S/C20H17FN2O2S/c1-25-18-5-3-2-4-14(18)20-23-17(11-26-20)19(24)22-16-10-15(16)12-6-8-13(21)9-7-12/h2-9,11,15-16H,10H2,1H3,(H,22,24). The maximum absolute atomic E-state index is 13.0. The number of hydrogen-bond acceptors (Lipinski definition) is 4. The third kappa shape index (κ3) is 3.32. The van der Waals surface area contributed by atoms with Gasteiger partial charge in [-0.2, -0.15) is 0 Å². The number of amides is 1. The van der Waals surface area contributed by atoms with Gasteiger partial charge in [0, 0.05) is 17.3 Å². The first-order chi connectivity index (χ1) is 12.7. The van der Waals surface area contributed by atoms with Gasteiger partial charge >= 0.3 is 0 Å². The molecule has 2 atom stereocenters. The average molecular weight is 368 g/mol. The van der Waals surface area contributed by atoms with Crippen molar-refractivity contribution in [2.75, 3.05) is 7.11 Å². The van der Waals surface area contributed by atoms with Crippen molar-refractivity contribution in [3.63, 3.8) is 0 Å². The molecule has 1 N–H and O–H groups in total. The second-order valence-corrected chi connectivity index (χ2v) is 7.07. The van der Waals surface area contributed by atoms with E-state index in [1.165, 1.54) is 23.5 Å². The van der Waals surface area contributed by atoms with Crippen molar-refractivity contribution in [3.8, 4) is 16.3 Å². The molecule has 2 aromatic carbocycles. The second kappa shape index (κ2) is 6.88. The first-order valence-electron chi connectivity index (χ1n) is 8.31. The molecule has 1 fully saturated rings. The van der Waals surface area contributed by atoms with Crippen LogP contribution in [0.3, 0.4) is 0 Å². The lowest BCUT2D eigenvalue weighted by Gasteiger charge is -2.05. The lowest BCUT2D eigenvalue weighted by molar-refractivity contribution is 0.0946. The molecule has 1 saturated carbocycles. The van der Waals surface area contributed by atoms with Crippen LogP contribution in [0, 0.1) is 5.82 Å². The highest BCUT2D eigenvalue weighted by atomic mass is 32.1. The van der Waals surface area contributed by atoms with Crippen molar-refractivity contribution in [2.24, 2.45) is 0 Å². The second-order valence-electron chi connectivity index (χ2n) is 6.21. The summed E-state index contributed by atoms with van der Waals surface area (Å²) < 4.78 is 18.4. The van der Waals surface area contributed by atoms with Crippen molar-refractivity contribution in [3.05, 3.63) is 71.0 Å². The van der Waals surface area contributed by atoms with Gasteiger partial charge in [0.25, 0.3) is 5.91 Å². The zero-order valence-corrected chi connectivity index (χ0v) is 14.9. The summed E-state index contributed by atoms with van der Waals surface area (Å²) in [4.78, 5) is 16.9. The van der Waals surface area contributed by atoms with Crippen LogP contribution in [0.1, 0.15) is 28.4 Å². The molecule has 6 heteroatoms. The van der Waals surface area contributed by atoms with Crippen molar-refractivity contribution >= 4 is 17.2 Å². The van der Waals surface area contributed by atoms with Crippen molar-refractivity contribution < 1.29 is 13.9 Å². The highest BCUT2D eigenvalue weighted by molar-refractivity contribution is 7.13. The monoisotopic (exact) mass is 368 g/mol. The summed E-state index contributed by atoms with van der Waals surface area (Å²) >= 11 is 1.41. The van der Waals surface area contributed by atoms with Gasteiger partial charge < -0.3 is 10.1 Å². The first kappa shape index (κ1) is 16.7. The van der Waals surface area contributed by atoms with Crippen LogP contribution in [0.15, 0.2) is 53.9 Å². The Morgan fingerprint density at radius 2 is 2.00 bits per heavy atom. The number of halogens is 1. The Hall–Kier alpha value is -2.73. The molecule has 3 aromatic rings. The lowest BCUT2D eigenvalue weighted by atomic mass is 10.1. The third-order valence-corrected chi connectivity index (χ3v) is 5.35. The van der Waals surface area contributed by atoms with Crippen LogP contribution < -0.4 is 10.1 Å². The minimum absolute atomic E-state index is 0.0735. The van der Waals surface area contributed by atoms with Crippen LogP contribution in [0.2, 0.25) is 0 Å². The predicted octanol–water partition coefficient (Wildman–Crippen LogP) is 4.24. The molecule has 0 radical (unpaired) electrons. The van der Waals surface area contributed by atoms with E-state index in [2.05, 4.69) is 10.3 Å². The summed E-state index contributed by atoms with van der Waals surface area (Å²) in [5.74, 6) is 0.539. The van der Waals surface area contributed by atoms with Gasteiger partial charge in [0.05, 0.1) is 12.7 Å². The number of carbonyl (C=O) groups excluding carboxylic acids is 1. The number of nitrogens with one attached hydrogen (secondary N) is 1. The number of aromatic nitrogens is 1. The molecular formula is C20H17FN2O2S. The van der Waals surface area contributed by atoms with Crippen LogP contribution >= 0.6 is 11.3 Å². The molecule has 0 saturated heterocycles. The Morgan fingerprint density at radius 1 is 1.23 bits per heavy atom. The van der Waals surface area contributed by atoms with E-state index in [1.807, 2.05) is 24.3 Å². The number of thiazole rings is 1.